The fourth-order valence-electron chi connectivity index (χ4n) is 4.36. The van der Waals surface area contributed by atoms with Crippen molar-refractivity contribution in [3.63, 3.8) is 0 Å². The van der Waals surface area contributed by atoms with Gasteiger partial charge in [-0.1, -0.05) is 18.2 Å². The Bertz CT molecular complexity index is 743. The summed E-state index contributed by atoms with van der Waals surface area (Å²) in [7, 11) is 2.17. The van der Waals surface area contributed by atoms with Gasteiger partial charge in [0.05, 0.1) is 12.1 Å². The first-order valence-electron chi connectivity index (χ1n) is 8.74. The molecule has 24 heavy (non-hydrogen) atoms. The normalized spacial score (nSPS) is 26.8. The van der Waals surface area contributed by atoms with Gasteiger partial charge in [0.15, 0.2) is 0 Å². The number of esters is 1. The van der Waals surface area contributed by atoms with E-state index in [1.807, 2.05) is 24.3 Å². The van der Waals surface area contributed by atoms with Crippen LogP contribution >= 0.6 is 0 Å². The van der Waals surface area contributed by atoms with Crippen molar-refractivity contribution in [1.29, 1.82) is 0 Å². The number of piperidine rings is 1. The minimum atomic E-state index is -0.453. The molecule has 2 fully saturated rings. The number of fused-ring (bicyclic) bond motifs is 3. The molecule has 1 unspecified atom stereocenters. The highest BCUT2D eigenvalue weighted by Gasteiger charge is 2.40. The van der Waals surface area contributed by atoms with Crippen LogP contribution in [0.4, 0.5) is 4.39 Å². The van der Waals surface area contributed by atoms with Crippen LogP contribution in [0.3, 0.4) is 0 Å². The van der Waals surface area contributed by atoms with Gasteiger partial charge in [0.2, 0.25) is 0 Å². The number of alkyl halides is 1. The second kappa shape index (κ2) is 6.20. The third-order valence-electron chi connectivity index (χ3n) is 5.66. The van der Waals surface area contributed by atoms with Crippen LogP contribution in [0, 0.1) is 0 Å². The first-order valence-corrected chi connectivity index (χ1v) is 8.74. The summed E-state index contributed by atoms with van der Waals surface area (Å²) < 4.78 is 20.4. The summed E-state index contributed by atoms with van der Waals surface area (Å²) in [6, 6.07) is 8.69. The highest BCUT2D eigenvalue weighted by atomic mass is 19.1. The molecule has 0 N–H and O–H groups in total. The predicted octanol–water partition coefficient (Wildman–Crippen LogP) is 3.39. The molecule has 4 rings (SSSR count). The molecule has 2 bridgehead atoms. The summed E-state index contributed by atoms with van der Waals surface area (Å²) in [5.74, 6) is -0.280. The van der Waals surface area contributed by atoms with Crippen LogP contribution in [0.15, 0.2) is 30.5 Å². The fraction of sp³-hybridized carbons (Fsp3) is 0.526. The molecule has 128 valence electrons. The van der Waals surface area contributed by atoms with Crippen LogP contribution < -0.4 is 0 Å². The number of aryl methyl sites for hydroxylation is 1. The Kier molecular flexibility index (Phi) is 4.04. The van der Waals surface area contributed by atoms with Crippen molar-refractivity contribution < 1.29 is 13.9 Å². The van der Waals surface area contributed by atoms with Crippen LogP contribution in [-0.4, -0.2) is 47.3 Å². The largest absolute Gasteiger partial charge is 0.459 e. The molecule has 1 aromatic heterocycles. The Morgan fingerprint density at radius 1 is 1.25 bits per heavy atom. The van der Waals surface area contributed by atoms with Crippen molar-refractivity contribution in [2.75, 3.05) is 13.7 Å². The van der Waals surface area contributed by atoms with Gasteiger partial charge < -0.3 is 14.2 Å². The molecular weight excluding hydrogens is 307 g/mol. The van der Waals surface area contributed by atoms with Crippen LogP contribution in [0.25, 0.3) is 10.9 Å². The second-order valence-corrected chi connectivity index (χ2v) is 6.99. The van der Waals surface area contributed by atoms with Crippen molar-refractivity contribution >= 4 is 16.9 Å². The quantitative estimate of drug-likeness (QED) is 0.806. The number of hydrogen-bond donors (Lipinski definition) is 0. The molecule has 4 nitrogen and oxygen atoms in total. The molecule has 3 atom stereocenters. The monoisotopic (exact) mass is 330 g/mol. The van der Waals surface area contributed by atoms with E-state index in [4.69, 9.17) is 4.74 Å². The number of carbonyl (C=O) groups is 1. The topological polar surface area (TPSA) is 34.5 Å². The molecule has 0 spiro atoms. The molecule has 2 aliphatic rings. The highest BCUT2D eigenvalue weighted by molar-refractivity contribution is 6.04. The van der Waals surface area contributed by atoms with E-state index in [9.17, 15) is 9.18 Å². The summed E-state index contributed by atoms with van der Waals surface area (Å²) in [6.07, 6.45) is 5.96. The van der Waals surface area contributed by atoms with E-state index in [2.05, 4.69) is 11.9 Å². The van der Waals surface area contributed by atoms with Crippen molar-refractivity contribution in [1.82, 2.24) is 9.47 Å². The fourth-order valence-corrected chi connectivity index (χ4v) is 4.36. The molecule has 2 saturated heterocycles. The summed E-state index contributed by atoms with van der Waals surface area (Å²) in [5, 5.41) is 0.840. The SMILES string of the molecule is CN1[C@@H]2CC[C@H]1CC(OC(=O)c1cn(CCF)c3ccccc13)C2. The Balaban J connectivity index is 1.56. The molecule has 0 amide bonds. The second-order valence-electron chi connectivity index (χ2n) is 6.99. The molecule has 5 heteroatoms. The molecule has 0 aliphatic carbocycles. The van der Waals surface area contributed by atoms with E-state index < -0.39 is 6.67 Å². The highest BCUT2D eigenvalue weighted by Crippen LogP contribution is 2.36. The minimum absolute atomic E-state index is 0.00510. The van der Waals surface area contributed by atoms with Gasteiger partial charge in [0.25, 0.3) is 0 Å². The molecule has 2 aliphatic heterocycles. The number of ether oxygens (including phenoxy) is 1. The van der Waals surface area contributed by atoms with Gasteiger partial charge in [-0.3, -0.25) is 0 Å². The number of hydrogen-bond acceptors (Lipinski definition) is 3. The number of nitrogens with zero attached hydrogens (tertiary/aromatic N) is 2. The average Bonchev–Trinajstić information content (AvgIpc) is 3.02. The Morgan fingerprint density at radius 2 is 1.96 bits per heavy atom. The molecule has 3 heterocycles. The first-order chi connectivity index (χ1) is 11.7. The maximum absolute atomic E-state index is 12.8. The third kappa shape index (κ3) is 2.61. The van der Waals surface area contributed by atoms with E-state index in [-0.39, 0.29) is 18.6 Å². The Morgan fingerprint density at radius 3 is 2.67 bits per heavy atom. The maximum Gasteiger partial charge on any atom is 0.340 e. The van der Waals surface area contributed by atoms with Gasteiger partial charge in [-0.25, -0.2) is 9.18 Å². The lowest BCUT2D eigenvalue weighted by molar-refractivity contribution is -0.000286. The zero-order chi connectivity index (χ0) is 16.7. The minimum Gasteiger partial charge on any atom is -0.459 e. The zero-order valence-electron chi connectivity index (χ0n) is 14.0. The van der Waals surface area contributed by atoms with E-state index in [1.165, 1.54) is 12.8 Å². The Labute approximate surface area is 141 Å². The van der Waals surface area contributed by atoms with E-state index in [0.29, 0.717) is 17.6 Å². The molecular formula is C19H23FN2O2. The predicted molar refractivity (Wildman–Crippen MR) is 90.9 cm³/mol. The van der Waals surface area contributed by atoms with Crippen LogP contribution in [0.5, 0.6) is 0 Å². The molecule has 0 saturated carbocycles. The van der Waals surface area contributed by atoms with Crippen LogP contribution in [-0.2, 0) is 11.3 Å². The van der Waals surface area contributed by atoms with Gasteiger partial charge in [0.1, 0.15) is 12.8 Å². The molecule has 1 aromatic carbocycles. The van der Waals surface area contributed by atoms with Crippen LogP contribution in [0.1, 0.15) is 36.0 Å². The van der Waals surface area contributed by atoms with Gasteiger partial charge in [-0.05, 0) is 26.0 Å². The van der Waals surface area contributed by atoms with Gasteiger partial charge in [0, 0.05) is 42.0 Å². The van der Waals surface area contributed by atoms with Crippen molar-refractivity contribution in [3.05, 3.63) is 36.0 Å². The lowest BCUT2D eigenvalue weighted by atomic mass is 10.0. The lowest BCUT2D eigenvalue weighted by Gasteiger charge is -2.35. The Hall–Kier alpha value is -1.88. The number of carbonyl (C=O) groups excluding carboxylic acids is 1. The summed E-state index contributed by atoms with van der Waals surface area (Å²) in [4.78, 5) is 15.1. The summed E-state index contributed by atoms with van der Waals surface area (Å²) in [6.45, 7) is -0.197. The smallest absolute Gasteiger partial charge is 0.340 e. The third-order valence-corrected chi connectivity index (χ3v) is 5.66. The van der Waals surface area contributed by atoms with Gasteiger partial charge in [-0.2, -0.15) is 0 Å². The van der Waals surface area contributed by atoms with Crippen LogP contribution in [0.2, 0.25) is 0 Å². The molecule has 2 aromatic rings. The molecule has 0 radical (unpaired) electrons. The zero-order valence-corrected chi connectivity index (χ0v) is 14.0. The summed E-state index contributed by atoms with van der Waals surface area (Å²) in [5.41, 5.74) is 1.43. The van der Waals surface area contributed by atoms with E-state index in [0.717, 1.165) is 23.7 Å². The number of halogens is 1. The number of aromatic nitrogens is 1. The maximum atomic E-state index is 12.8. The number of para-hydroxylation sites is 1. The standard InChI is InChI=1S/C19H23FN2O2/c1-21-13-6-7-14(21)11-15(10-13)24-19(23)17-12-22(9-8-20)18-5-3-2-4-16(17)18/h2-5,12-15H,6-11H2,1H3/t13-,14+,15?. The van der Waals surface area contributed by atoms with Gasteiger partial charge in [-0.15, -0.1) is 0 Å². The van der Waals surface area contributed by atoms with Crippen molar-refractivity contribution in [3.8, 4) is 0 Å². The van der Waals surface area contributed by atoms with E-state index in [1.54, 1.807) is 10.8 Å². The van der Waals surface area contributed by atoms with Crippen molar-refractivity contribution in [2.45, 2.75) is 50.4 Å². The first kappa shape index (κ1) is 15.6. The lowest BCUT2D eigenvalue weighted by Crippen LogP contribution is -2.43. The van der Waals surface area contributed by atoms with E-state index >= 15 is 0 Å². The summed E-state index contributed by atoms with van der Waals surface area (Å²) >= 11 is 0. The van der Waals surface area contributed by atoms with Crippen molar-refractivity contribution in [2.24, 2.45) is 0 Å². The van der Waals surface area contributed by atoms with Gasteiger partial charge >= 0.3 is 5.97 Å². The number of benzene rings is 1. The average molecular weight is 330 g/mol. The number of rotatable bonds is 4.